The molecule has 0 radical (unpaired) electrons. The maximum atomic E-state index is 12.0. The van der Waals surface area contributed by atoms with Crippen LogP contribution in [0.5, 0.6) is 5.75 Å². The van der Waals surface area contributed by atoms with Crippen molar-refractivity contribution >= 4 is 17.4 Å². The molecule has 26 heavy (non-hydrogen) atoms. The van der Waals surface area contributed by atoms with E-state index in [0.717, 1.165) is 38.0 Å². The van der Waals surface area contributed by atoms with Crippen molar-refractivity contribution in [3.63, 3.8) is 0 Å². The number of anilines is 2. The van der Waals surface area contributed by atoms with Crippen LogP contribution in [0.25, 0.3) is 0 Å². The second-order valence-electron chi connectivity index (χ2n) is 5.98. The van der Waals surface area contributed by atoms with Gasteiger partial charge in [0.15, 0.2) is 6.61 Å². The van der Waals surface area contributed by atoms with E-state index in [1.165, 1.54) is 5.56 Å². The molecule has 1 amide bonds. The molecule has 0 saturated heterocycles. The van der Waals surface area contributed by atoms with Crippen molar-refractivity contribution in [1.29, 1.82) is 0 Å². The predicted molar refractivity (Wildman–Crippen MR) is 104 cm³/mol. The van der Waals surface area contributed by atoms with Gasteiger partial charge in [-0.3, -0.25) is 4.79 Å². The molecule has 0 aliphatic rings. The Morgan fingerprint density at radius 1 is 1.12 bits per heavy atom. The Balaban J connectivity index is 1.70. The lowest BCUT2D eigenvalue weighted by Gasteiger charge is -2.09. The Morgan fingerprint density at radius 2 is 1.92 bits per heavy atom. The van der Waals surface area contributed by atoms with Crippen molar-refractivity contribution in [1.82, 2.24) is 4.98 Å². The Kier molecular flexibility index (Phi) is 8.42. The quantitative estimate of drug-likeness (QED) is 0.538. The molecule has 0 aliphatic carbocycles. The molecule has 0 aliphatic heterocycles. The van der Waals surface area contributed by atoms with Crippen LogP contribution >= 0.6 is 0 Å². The molecule has 0 saturated carbocycles. The molecule has 140 valence electrons. The summed E-state index contributed by atoms with van der Waals surface area (Å²) < 4.78 is 5.49. The predicted octanol–water partition coefficient (Wildman–Crippen LogP) is 3.24. The molecule has 6 heteroatoms. The molecule has 1 heterocycles. The average Bonchev–Trinajstić information content (AvgIpc) is 2.68. The van der Waals surface area contributed by atoms with E-state index in [4.69, 9.17) is 9.84 Å². The smallest absolute Gasteiger partial charge is 0.262 e. The molecule has 1 aromatic heterocycles. The fraction of sp³-hybridized carbons (Fsp3) is 0.400. The van der Waals surface area contributed by atoms with E-state index in [1.54, 1.807) is 12.3 Å². The monoisotopic (exact) mass is 357 g/mol. The number of unbranched alkanes of at least 4 members (excludes halogenated alkanes) is 2. The topological polar surface area (TPSA) is 83.5 Å². The third-order valence-corrected chi connectivity index (χ3v) is 3.89. The van der Waals surface area contributed by atoms with Crippen molar-refractivity contribution < 1.29 is 14.6 Å². The molecule has 0 spiro atoms. The number of hydrogen-bond acceptors (Lipinski definition) is 5. The van der Waals surface area contributed by atoms with Crippen LogP contribution < -0.4 is 15.4 Å². The Morgan fingerprint density at radius 3 is 2.58 bits per heavy atom. The Labute approximate surface area is 154 Å². The number of aliphatic hydroxyl groups is 1. The van der Waals surface area contributed by atoms with E-state index in [9.17, 15) is 4.79 Å². The first-order valence-corrected chi connectivity index (χ1v) is 9.03. The lowest BCUT2D eigenvalue weighted by molar-refractivity contribution is -0.118. The number of ether oxygens (including phenoxy) is 1. The first kappa shape index (κ1) is 19.7. The van der Waals surface area contributed by atoms with Gasteiger partial charge >= 0.3 is 0 Å². The van der Waals surface area contributed by atoms with Crippen molar-refractivity contribution in [2.24, 2.45) is 0 Å². The highest BCUT2D eigenvalue weighted by atomic mass is 16.5. The van der Waals surface area contributed by atoms with E-state index in [0.29, 0.717) is 11.4 Å². The summed E-state index contributed by atoms with van der Waals surface area (Å²) in [5, 5.41) is 14.7. The minimum Gasteiger partial charge on any atom is -0.484 e. The number of carbonyl (C=O) groups is 1. The van der Waals surface area contributed by atoms with E-state index < -0.39 is 0 Å². The van der Waals surface area contributed by atoms with E-state index in [2.05, 4.69) is 22.5 Å². The number of nitrogens with zero attached hydrogens (tertiary/aromatic N) is 1. The highest BCUT2D eigenvalue weighted by Crippen LogP contribution is 2.13. The minimum absolute atomic E-state index is 0.0453. The van der Waals surface area contributed by atoms with Gasteiger partial charge in [-0.15, -0.1) is 0 Å². The zero-order chi connectivity index (χ0) is 18.6. The van der Waals surface area contributed by atoms with Crippen LogP contribution in [-0.2, 0) is 11.2 Å². The van der Waals surface area contributed by atoms with Gasteiger partial charge in [-0.05, 0) is 55.5 Å². The van der Waals surface area contributed by atoms with E-state index in [1.807, 2.05) is 30.3 Å². The van der Waals surface area contributed by atoms with Gasteiger partial charge in [0.25, 0.3) is 5.91 Å². The molecule has 0 bridgehead atoms. The normalized spacial score (nSPS) is 10.4. The van der Waals surface area contributed by atoms with Gasteiger partial charge < -0.3 is 20.5 Å². The van der Waals surface area contributed by atoms with E-state index >= 15 is 0 Å². The second kappa shape index (κ2) is 11.1. The van der Waals surface area contributed by atoms with Gasteiger partial charge in [0.1, 0.15) is 11.6 Å². The second-order valence-corrected chi connectivity index (χ2v) is 5.98. The Hall–Kier alpha value is -2.60. The summed E-state index contributed by atoms with van der Waals surface area (Å²) in [6.45, 7) is 3.09. The summed E-state index contributed by atoms with van der Waals surface area (Å²) in [6.07, 6.45) is 5.38. The molecule has 0 atom stereocenters. The molecule has 2 rings (SSSR count). The first-order valence-electron chi connectivity index (χ1n) is 9.03. The fourth-order valence-electron chi connectivity index (χ4n) is 2.37. The summed E-state index contributed by atoms with van der Waals surface area (Å²) in [5.74, 6) is 1.21. The van der Waals surface area contributed by atoms with Crippen molar-refractivity contribution in [3.8, 4) is 5.75 Å². The number of nitrogens with one attached hydrogen (secondary N) is 2. The van der Waals surface area contributed by atoms with Crippen molar-refractivity contribution in [3.05, 3.63) is 48.2 Å². The number of carbonyl (C=O) groups excluding carboxylic acids is 1. The number of aliphatic hydroxyl groups excluding tert-OH is 1. The molecule has 0 fully saturated rings. The van der Waals surface area contributed by atoms with E-state index in [-0.39, 0.29) is 19.1 Å². The summed E-state index contributed by atoms with van der Waals surface area (Å²) in [7, 11) is 0. The third kappa shape index (κ3) is 7.11. The van der Waals surface area contributed by atoms with Crippen LogP contribution in [0, 0.1) is 0 Å². The zero-order valence-corrected chi connectivity index (χ0v) is 15.2. The summed E-state index contributed by atoms with van der Waals surface area (Å²) >= 11 is 0. The zero-order valence-electron chi connectivity index (χ0n) is 15.2. The van der Waals surface area contributed by atoms with Crippen molar-refractivity contribution in [2.45, 2.75) is 32.6 Å². The van der Waals surface area contributed by atoms with Crippen LogP contribution in [0.4, 0.5) is 11.5 Å². The maximum Gasteiger partial charge on any atom is 0.262 e. The number of aryl methyl sites for hydroxylation is 1. The summed E-state index contributed by atoms with van der Waals surface area (Å²) in [5.41, 5.74) is 1.86. The maximum absolute atomic E-state index is 12.0. The number of pyridine rings is 1. The fourth-order valence-corrected chi connectivity index (χ4v) is 2.37. The van der Waals surface area contributed by atoms with Gasteiger partial charge in [0.05, 0.1) is 11.9 Å². The van der Waals surface area contributed by atoms with Crippen molar-refractivity contribution in [2.75, 3.05) is 30.4 Å². The van der Waals surface area contributed by atoms with Crippen LogP contribution in [0.3, 0.4) is 0 Å². The van der Waals surface area contributed by atoms with Crippen LogP contribution in [0.1, 0.15) is 31.7 Å². The number of aromatic nitrogens is 1. The van der Waals surface area contributed by atoms with Crippen LogP contribution in [0.15, 0.2) is 42.6 Å². The van der Waals surface area contributed by atoms with Crippen LogP contribution in [0.2, 0.25) is 0 Å². The number of hydrogen-bond donors (Lipinski definition) is 3. The minimum atomic E-state index is -0.226. The summed E-state index contributed by atoms with van der Waals surface area (Å²) in [4.78, 5) is 16.2. The Bertz CT molecular complexity index is 657. The highest BCUT2D eigenvalue weighted by molar-refractivity contribution is 5.91. The SMILES string of the molecule is CCc1ccc(OCC(=O)Nc2ccc(NCCCCCO)nc2)cc1. The molecule has 0 unspecified atom stereocenters. The number of rotatable bonds is 11. The van der Waals surface area contributed by atoms with Gasteiger partial charge in [0, 0.05) is 13.2 Å². The third-order valence-electron chi connectivity index (χ3n) is 3.89. The first-order chi connectivity index (χ1) is 12.7. The summed E-state index contributed by atoms with van der Waals surface area (Å²) in [6, 6.07) is 11.4. The molecular formula is C20H27N3O3. The largest absolute Gasteiger partial charge is 0.484 e. The van der Waals surface area contributed by atoms with Gasteiger partial charge in [-0.1, -0.05) is 19.1 Å². The highest BCUT2D eigenvalue weighted by Gasteiger charge is 2.04. The number of amides is 1. The lowest BCUT2D eigenvalue weighted by atomic mass is 10.2. The standard InChI is InChI=1S/C20H27N3O3/c1-2-16-6-9-18(10-7-16)26-15-20(25)23-17-8-11-19(22-14-17)21-12-4-3-5-13-24/h6-11,14,24H,2-5,12-13,15H2,1H3,(H,21,22)(H,23,25). The molecular weight excluding hydrogens is 330 g/mol. The van der Waals surface area contributed by atoms with Crippen LogP contribution in [-0.4, -0.2) is 35.8 Å². The molecule has 2 aromatic rings. The number of benzene rings is 1. The molecule has 3 N–H and O–H groups in total. The molecule has 6 nitrogen and oxygen atoms in total. The van der Waals surface area contributed by atoms with Gasteiger partial charge in [-0.2, -0.15) is 0 Å². The lowest BCUT2D eigenvalue weighted by Crippen LogP contribution is -2.20. The van der Waals surface area contributed by atoms with Gasteiger partial charge in [0.2, 0.25) is 0 Å². The van der Waals surface area contributed by atoms with Gasteiger partial charge in [-0.25, -0.2) is 4.98 Å². The average molecular weight is 357 g/mol. The molecule has 1 aromatic carbocycles.